The van der Waals surface area contributed by atoms with Crippen molar-refractivity contribution in [2.45, 2.75) is 46.6 Å². The first-order valence-electron chi connectivity index (χ1n) is 7.43. The van der Waals surface area contributed by atoms with Gasteiger partial charge < -0.3 is 14.8 Å². The van der Waals surface area contributed by atoms with E-state index in [2.05, 4.69) is 55.0 Å². The van der Waals surface area contributed by atoms with E-state index in [0.29, 0.717) is 6.04 Å². The molecule has 1 aromatic rings. The Bertz CT molecular complexity index is 458. The first-order chi connectivity index (χ1) is 9.79. The number of aryl methyl sites for hydroxylation is 1. The van der Waals surface area contributed by atoms with Crippen LogP contribution in [-0.2, 0) is 6.42 Å². The molecule has 0 unspecified atom stereocenters. The summed E-state index contributed by atoms with van der Waals surface area (Å²) in [6.07, 6.45) is 2.06. The summed E-state index contributed by atoms with van der Waals surface area (Å²) in [6.45, 7) is 9.97. The molecule has 0 fully saturated rings. The van der Waals surface area contributed by atoms with Gasteiger partial charge in [0.25, 0.3) is 0 Å². The third-order valence-corrected chi connectivity index (χ3v) is 4.23. The molecule has 0 atom stereocenters. The topological polar surface area (TPSA) is 30.5 Å². The molecule has 0 aliphatic carbocycles. The molecule has 1 N–H and O–H groups in total. The van der Waals surface area contributed by atoms with E-state index < -0.39 is 0 Å². The normalized spacial score (nSPS) is 11.8. The van der Waals surface area contributed by atoms with Crippen molar-refractivity contribution in [2.75, 3.05) is 20.8 Å². The minimum Gasteiger partial charge on any atom is -0.496 e. The van der Waals surface area contributed by atoms with Gasteiger partial charge in [-0.3, -0.25) is 0 Å². The molecule has 0 heterocycles. The van der Waals surface area contributed by atoms with Crippen LogP contribution in [0.25, 0.3) is 0 Å². The lowest BCUT2D eigenvalue weighted by molar-refractivity contribution is 0.302. The van der Waals surface area contributed by atoms with Crippen molar-refractivity contribution >= 4 is 15.9 Å². The summed E-state index contributed by atoms with van der Waals surface area (Å²) in [5.74, 6) is 1.76. The van der Waals surface area contributed by atoms with Gasteiger partial charge in [-0.05, 0) is 51.9 Å². The van der Waals surface area contributed by atoms with Gasteiger partial charge in [0, 0.05) is 12.6 Å². The Morgan fingerprint density at radius 1 is 1.14 bits per heavy atom. The van der Waals surface area contributed by atoms with Crippen LogP contribution in [0, 0.1) is 5.41 Å². The lowest BCUT2D eigenvalue weighted by Crippen LogP contribution is -2.34. The molecule has 0 saturated carbocycles. The fraction of sp³-hybridized carbons (Fsp3) is 0.647. The van der Waals surface area contributed by atoms with E-state index in [4.69, 9.17) is 9.47 Å². The quantitative estimate of drug-likeness (QED) is 0.746. The van der Waals surface area contributed by atoms with Crippen LogP contribution in [0.5, 0.6) is 11.5 Å². The number of hydrogen-bond acceptors (Lipinski definition) is 3. The fourth-order valence-electron chi connectivity index (χ4n) is 2.16. The molecule has 0 radical (unpaired) electrons. The van der Waals surface area contributed by atoms with Crippen molar-refractivity contribution in [3.05, 3.63) is 22.2 Å². The molecular formula is C17H28BrNO2. The Morgan fingerprint density at radius 2 is 1.76 bits per heavy atom. The molecule has 0 saturated heterocycles. The number of benzene rings is 1. The number of halogens is 1. The number of nitrogens with one attached hydrogen (secondary N) is 1. The summed E-state index contributed by atoms with van der Waals surface area (Å²) in [7, 11) is 3.40. The molecular weight excluding hydrogens is 330 g/mol. The summed E-state index contributed by atoms with van der Waals surface area (Å²) in [4.78, 5) is 0. The van der Waals surface area contributed by atoms with Gasteiger partial charge in [0.05, 0.1) is 18.7 Å². The molecule has 0 aliphatic heterocycles. The van der Waals surface area contributed by atoms with E-state index in [0.717, 1.165) is 35.4 Å². The molecule has 21 heavy (non-hydrogen) atoms. The number of rotatable bonds is 8. The highest BCUT2D eigenvalue weighted by molar-refractivity contribution is 9.10. The van der Waals surface area contributed by atoms with Crippen molar-refractivity contribution in [1.82, 2.24) is 5.32 Å². The van der Waals surface area contributed by atoms with Crippen LogP contribution in [0.4, 0.5) is 0 Å². The van der Waals surface area contributed by atoms with E-state index in [1.54, 1.807) is 14.2 Å². The van der Waals surface area contributed by atoms with Crippen molar-refractivity contribution in [3.63, 3.8) is 0 Å². The molecule has 0 bridgehead atoms. The molecule has 120 valence electrons. The Morgan fingerprint density at radius 3 is 2.29 bits per heavy atom. The summed E-state index contributed by atoms with van der Waals surface area (Å²) < 4.78 is 11.8. The Labute approximate surface area is 137 Å². The van der Waals surface area contributed by atoms with E-state index in [9.17, 15) is 0 Å². The summed E-state index contributed by atoms with van der Waals surface area (Å²) in [5, 5.41) is 3.52. The zero-order valence-electron chi connectivity index (χ0n) is 14.0. The molecule has 3 nitrogen and oxygen atoms in total. The predicted octanol–water partition coefficient (Wildman–Crippen LogP) is 4.42. The Hall–Kier alpha value is -0.740. The maximum absolute atomic E-state index is 5.49. The third kappa shape index (κ3) is 5.87. The van der Waals surface area contributed by atoms with E-state index in [1.807, 2.05) is 6.07 Å². The van der Waals surface area contributed by atoms with E-state index in [1.165, 1.54) is 5.56 Å². The lowest BCUT2D eigenvalue weighted by Gasteiger charge is -2.27. The van der Waals surface area contributed by atoms with Gasteiger partial charge in [-0.2, -0.15) is 0 Å². The van der Waals surface area contributed by atoms with Crippen LogP contribution in [0.1, 0.15) is 39.7 Å². The average molecular weight is 358 g/mol. The van der Waals surface area contributed by atoms with Gasteiger partial charge in [-0.25, -0.2) is 0 Å². The summed E-state index contributed by atoms with van der Waals surface area (Å²) >= 11 is 3.50. The fourth-order valence-corrected chi connectivity index (χ4v) is 2.65. The number of ether oxygens (including phenoxy) is 2. The second-order valence-electron chi connectivity index (χ2n) is 6.50. The standard InChI is InChI=1S/C17H28BrNO2/c1-12(2)19-11-17(3,4)8-7-13-9-16(21-6)14(18)10-15(13)20-5/h9-10,12,19H,7-8,11H2,1-6H3. The van der Waals surface area contributed by atoms with Crippen molar-refractivity contribution < 1.29 is 9.47 Å². The highest BCUT2D eigenvalue weighted by Gasteiger charge is 2.19. The zero-order valence-corrected chi connectivity index (χ0v) is 15.6. The molecule has 0 amide bonds. The molecule has 0 aromatic heterocycles. The Kier molecular flexibility index (Phi) is 7.01. The van der Waals surface area contributed by atoms with Gasteiger partial charge in [-0.15, -0.1) is 0 Å². The molecule has 1 rings (SSSR count). The minimum atomic E-state index is 0.246. The number of methoxy groups -OCH3 is 2. The first kappa shape index (κ1) is 18.3. The van der Waals surface area contributed by atoms with Crippen LogP contribution in [0.3, 0.4) is 0 Å². The average Bonchev–Trinajstić information content (AvgIpc) is 2.43. The minimum absolute atomic E-state index is 0.246. The van der Waals surface area contributed by atoms with Crippen molar-refractivity contribution in [1.29, 1.82) is 0 Å². The van der Waals surface area contributed by atoms with Crippen LogP contribution >= 0.6 is 15.9 Å². The van der Waals surface area contributed by atoms with Crippen LogP contribution in [0.2, 0.25) is 0 Å². The van der Waals surface area contributed by atoms with Crippen LogP contribution in [0.15, 0.2) is 16.6 Å². The smallest absolute Gasteiger partial charge is 0.133 e. The Balaban J connectivity index is 2.78. The van der Waals surface area contributed by atoms with Crippen molar-refractivity contribution in [3.8, 4) is 11.5 Å². The van der Waals surface area contributed by atoms with Crippen molar-refractivity contribution in [2.24, 2.45) is 5.41 Å². The second kappa shape index (κ2) is 8.04. The first-order valence-corrected chi connectivity index (χ1v) is 8.22. The van der Waals surface area contributed by atoms with Gasteiger partial charge in [-0.1, -0.05) is 27.7 Å². The largest absolute Gasteiger partial charge is 0.496 e. The third-order valence-electron chi connectivity index (χ3n) is 3.61. The monoisotopic (exact) mass is 357 g/mol. The highest BCUT2D eigenvalue weighted by Crippen LogP contribution is 2.34. The van der Waals surface area contributed by atoms with Crippen LogP contribution in [-0.4, -0.2) is 26.8 Å². The maximum atomic E-state index is 5.49. The summed E-state index contributed by atoms with van der Waals surface area (Å²) in [6, 6.07) is 4.56. The zero-order chi connectivity index (χ0) is 16.0. The second-order valence-corrected chi connectivity index (χ2v) is 7.35. The van der Waals surface area contributed by atoms with Crippen LogP contribution < -0.4 is 14.8 Å². The van der Waals surface area contributed by atoms with Gasteiger partial charge >= 0.3 is 0 Å². The SMILES string of the molecule is COc1cc(CCC(C)(C)CNC(C)C)c(OC)cc1Br. The summed E-state index contributed by atoms with van der Waals surface area (Å²) in [5.41, 5.74) is 1.44. The van der Waals surface area contributed by atoms with Gasteiger partial charge in [0.2, 0.25) is 0 Å². The highest BCUT2D eigenvalue weighted by atomic mass is 79.9. The van der Waals surface area contributed by atoms with E-state index in [-0.39, 0.29) is 5.41 Å². The molecule has 1 aromatic carbocycles. The van der Waals surface area contributed by atoms with E-state index >= 15 is 0 Å². The predicted molar refractivity (Wildman–Crippen MR) is 92.5 cm³/mol. The maximum Gasteiger partial charge on any atom is 0.133 e. The van der Waals surface area contributed by atoms with Gasteiger partial charge in [0.1, 0.15) is 11.5 Å². The van der Waals surface area contributed by atoms with Gasteiger partial charge in [0.15, 0.2) is 0 Å². The lowest BCUT2D eigenvalue weighted by atomic mass is 9.85. The molecule has 4 heteroatoms. The molecule has 0 spiro atoms. The number of hydrogen-bond donors (Lipinski definition) is 1. The molecule has 0 aliphatic rings.